The van der Waals surface area contributed by atoms with Crippen LogP contribution in [0.25, 0.3) is 11.1 Å². The maximum atomic E-state index is 12.5. The van der Waals surface area contributed by atoms with E-state index in [0.29, 0.717) is 10.0 Å². The summed E-state index contributed by atoms with van der Waals surface area (Å²) in [6.07, 6.45) is 3.34. The SMILES string of the molecule is Cc1cnccc1CNS(=O)(=O)c1ccc(-c2ccc(Cl)cc2Cl)cc1. The highest BCUT2D eigenvalue weighted by Gasteiger charge is 2.15. The number of nitrogens with one attached hydrogen (secondary N) is 1. The second-order valence-corrected chi connectivity index (χ2v) is 8.39. The Hall–Kier alpha value is -1.92. The van der Waals surface area contributed by atoms with Crippen molar-refractivity contribution in [2.75, 3.05) is 0 Å². The Balaban J connectivity index is 1.80. The molecule has 0 aliphatic carbocycles. The van der Waals surface area contributed by atoms with Crippen molar-refractivity contribution in [3.05, 3.63) is 82.1 Å². The first kappa shape index (κ1) is 18.9. The normalized spacial score (nSPS) is 11.5. The van der Waals surface area contributed by atoms with Gasteiger partial charge in [0.2, 0.25) is 10.0 Å². The lowest BCUT2D eigenvalue weighted by molar-refractivity contribution is 0.581. The topological polar surface area (TPSA) is 59.1 Å². The van der Waals surface area contributed by atoms with E-state index in [0.717, 1.165) is 22.3 Å². The molecule has 0 spiro atoms. The van der Waals surface area contributed by atoms with E-state index < -0.39 is 10.0 Å². The summed E-state index contributed by atoms with van der Waals surface area (Å²) in [4.78, 5) is 4.19. The Labute approximate surface area is 162 Å². The van der Waals surface area contributed by atoms with E-state index in [1.54, 1.807) is 60.9 Å². The van der Waals surface area contributed by atoms with E-state index in [9.17, 15) is 8.42 Å². The fourth-order valence-electron chi connectivity index (χ4n) is 2.49. The van der Waals surface area contributed by atoms with Crippen molar-refractivity contribution in [2.24, 2.45) is 0 Å². The Morgan fingerprint density at radius 1 is 1.04 bits per heavy atom. The van der Waals surface area contributed by atoms with Crippen molar-refractivity contribution in [2.45, 2.75) is 18.4 Å². The molecule has 0 aliphatic heterocycles. The molecule has 0 saturated carbocycles. The van der Waals surface area contributed by atoms with Gasteiger partial charge in [-0.1, -0.05) is 41.4 Å². The molecule has 1 heterocycles. The Morgan fingerprint density at radius 2 is 1.77 bits per heavy atom. The summed E-state index contributed by atoms with van der Waals surface area (Å²) >= 11 is 12.1. The number of hydrogen-bond donors (Lipinski definition) is 1. The van der Waals surface area contributed by atoms with Crippen LogP contribution in [-0.2, 0) is 16.6 Å². The number of sulfonamides is 1. The first-order valence-electron chi connectivity index (χ1n) is 7.81. The molecular weight excluding hydrogens is 391 g/mol. The molecular formula is C19H16Cl2N2O2S. The van der Waals surface area contributed by atoms with Crippen LogP contribution in [0.1, 0.15) is 11.1 Å². The molecule has 0 saturated heterocycles. The zero-order valence-corrected chi connectivity index (χ0v) is 16.2. The van der Waals surface area contributed by atoms with Crippen molar-refractivity contribution >= 4 is 33.2 Å². The predicted octanol–water partition coefficient (Wildman–Crippen LogP) is 4.84. The van der Waals surface area contributed by atoms with Gasteiger partial charge in [0.1, 0.15) is 0 Å². The lowest BCUT2D eigenvalue weighted by Crippen LogP contribution is -2.23. The van der Waals surface area contributed by atoms with Crippen LogP contribution in [-0.4, -0.2) is 13.4 Å². The van der Waals surface area contributed by atoms with Gasteiger partial charge in [-0.05, 0) is 53.9 Å². The van der Waals surface area contributed by atoms with E-state index in [1.807, 2.05) is 6.92 Å². The monoisotopic (exact) mass is 406 g/mol. The molecule has 3 rings (SSSR count). The van der Waals surface area contributed by atoms with Gasteiger partial charge in [0.05, 0.1) is 4.90 Å². The largest absolute Gasteiger partial charge is 0.264 e. The molecule has 4 nitrogen and oxygen atoms in total. The number of nitrogens with zero attached hydrogens (tertiary/aromatic N) is 1. The lowest BCUT2D eigenvalue weighted by atomic mass is 10.1. The predicted molar refractivity (Wildman–Crippen MR) is 105 cm³/mol. The highest BCUT2D eigenvalue weighted by atomic mass is 35.5. The first-order chi connectivity index (χ1) is 12.4. The van der Waals surface area contributed by atoms with Gasteiger partial charge < -0.3 is 0 Å². The average molecular weight is 407 g/mol. The van der Waals surface area contributed by atoms with Crippen molar-refractivity contribution in [1.29, 1.82) is 0 Å². The van der Waals surface area contributed by atoms with Crippen molar-refractivity contribution in [3.8, 4) is 11.1 Å². The highest BCUT2D eigenvalue weighted by Crippen LogP contribution is 2.30. The number of rotatable bonds is 5. The molecule has 7 heteroatoms. The van der Waals surface area contributed by atoms with Crippen molar-refractivity contribution in [1.82, 2.24) is 9.71 Å². The maximum absolute atomic E-state index is 12.5. The van der Waals surface area contributed by atoms with Crippen LogP contribution in [0.5, 0.6) is 0 Å². The summed E-state index contributed by atoms with van der Waals surface area (Å²) in [5.41, 5.74) is 3.42. The fourth-order valence-corrected chi connectivity index (χ4v) is 4.02. The second-order valence-electron chi connectivity index (χ2n) is 5.78. The molecule has 134 valence electrons. The molecule has 2 aromatic carbocycles. The molecule has 0 radical (unpaired) electrons. The summed E-state index contributed by atoms with van der Waals surface area (Å²) in [5.74, 6) is 0. The lowest BCUT2D eigenvalue weighted by Gasteiger charge is -2.10. The third-order valence-electron chi connectivity index (χ3n) is 4.00. The smallest absolute Gasteiger partial charge is 0.240 e. The van der Waals surface area contributed by atoms with Crippen LogP contribution in [0.2, 0.25) is 10.0 Å². The standard InChI is InChI=1S/C19H16Cl2N2O2S/c1-13-11-22-9-8-15(13)12-23-26(24,25)17-5-2-14(3-6-17)18-7-4-16(20)10-19(18)21/h2-11,23H,12H2,1H3. The van der Waals surface area contributed by atoms with Gasteiger partial charge in [0.25, 0.3) is 0 Å². The third kappa shape index (κ3) is 4.24. The number of halogens is 2. The van der Waals surface area contributed by atoms with E-state index in [1.165, 1.54) is 0 Å². The molecule has 26 heavy (non-hydrogen) atoms. The van der Waals surface area contributed by atoms with Crippen LogP contribution in [0.15, 0.2) is 65.8 Å². The Kier molecular flexibility index (Phi) is 5.63. The summed E-state index contributed by atoms with van der Waals surface area (Å²) in [7, 11) is -3.62. The van der Waals surface area contributed by atoms with Crippen LogP contribution < -0.4 is 4.72 Å². The van der Waals surface area contributed by atoms with E-state index >= 15 is 0 Å². The number of hydrogen-bond acceptors (Lipinski definition) is 3. The molecule has 0 atom stereocenters. The van der Waals surface area contributed by atoms with Crippen LogP contribution in [0.4, 0.5) is 0 Å². The van der Waals surface area contributed by atoms with Gasteiger partial charge in [-0.2, -0.15) is 0 Å². The van der Waals surface area contributed by atoms with Crippen LogP contribution in [0.3, 0.4) is 0 Å². The van der Waals surface area contributed by atoms with Gasteiger partial charge in [-0.3, -0.25) is 4.98 Å². The molecule has 0 unspecified atom stereocenters. The van der Waals surface area contributed by atoms with Crippen LogP contribution >= 0.6 is 23.2 Å². The molecule has 0 amide bonds. The highest BCUT2D eigenvalue weighted by molar-refractivity contribution is 7.89. The van der Waals surface area contributed by atoms with Gasteiger partial charge in [-0.25, -0.2) is 13.1 Å². The summed E-state index contributed by atoms with van der Waals surface area (Å²) in [6.45, 7) is 2.10. The quantitative estimate of drug-likeness (QED) is 0.658. The van der Waals surface area contributed by atoms with Crippen LogP contribution in [0, 0.1) is 6.92 Å². The van der Waals surface area contributed by atoms with Gasteiger partial charge >= 0.3 is 0 Å². The number of aryl methyl sites for hydroxylation is 1. The number of aromatic nitrogens is 1. The zero-order chi connectivity index (χ0) is 18.7. The van der Waals surface area contributed by atoms with Crippen molar-refractivity contribution < 1.29 is 8.42 Å². The second kappa shape index (κ2) is 7.76. The summed E-state index contributed by atoms with van der Waals surface area (Å²) in [5, 5.41) is 1.06. The van der Waals surface area contributed by atoms with E-state index in [2.05, 4.69) is 9.71 Å². The molecule has 1 aromatic heterocycles. The molecule has 3 aromatic rings. The maximum Gasteiger partial charge on any atom is 0.240 e. The average Bonchev–Trinajstić information content (AvgIpc) is 2.61. The minimum atomic E-state index is -3.62. The summed E-state index contributed by atoms with van der Waals surface area (Å²) < 4.78 is 27.6. The minimum Gasteiger partial charge on any atom is -0.264 e. The molecule has 0 aliphatic rings. The molecule has 0 bridgehead atoms. The molecule has 1 N–H and O–H groups in total. The zero-order valence-electron chi connectivity index (χ0n) is 13.9. The van der Waals surface area contributed by atoms with Gasteiger partial charge in [0, 0.05) is 34.5 Å². The Bertz CT molecular complexity index is 1040. The summed E-state index contributed by atoms with van der Waals surface area (Å²) in [6, 6.07) is 13.6. The van der Waals surface area contributed by atoms with Gasteiger partial charge in [-0.15, -0.1) is 0 Å². The van der Waals surface area contributed by atoms with E-state index in [4.69, 9.17) is 23.2 Å². The van der Waals surface area contributed by atoms with Gasteiger partial charge in [0.15, 0.2) is 0 Å². The number of benzene rings is 2. The molecule has 0 fully saturated rings. The fraction of sp³-hybridized carbons (Fsp3) is 0.105. The minimum absolute atomic E-state index is 0.193. The first-order valence-corrected chi connectivity index (χ1v) is 10.1. The number of pyridine rings is 1. The van der Waals surface area contributed by atoms with E-state index in [-0.39, 0.29) is 11.4 Å². The Morgan fingerprint density at radius 3 is 2.42 bits per heavy atom. The third-order valence-corrected chi connectivity index (χ3v) is 5.96. The van der Waals surface area contributed by atoms with Crippen molar-refractivity contribution in [3.63, 3.8) is 0 Å².